The van der Waals surface area contributed by atoms with E-state index in [4.69, 9.17) is 0 Å². The van der Waals surface area contributed by atoms with E-state index in [-0.39, 0.29) is 0 Å². The van der Waals surface area contributed by atoms with Crippen molar-refractivity contribution in [2.75, 3.05) is 4.90 Å². The van der Waals surface area contributed by atoms with E-state index in [1.54, 1.807) is 0 Å². The van der Waals surface area contributed by atoms with E-state index in [0.29, 0.717) is 0 Å². The minimum atomic E-state index is 1.10. The van der Waals surface area contributed by atoms with E-state index in [0.717, 1.165) is 22.6 Å². The Kier molecular flexibility index (Phi) is 8.66. The highest BCUT2D eigenvalue weighted by molar-refractivity contribution is 5.99. The molecule has 0 atom stereocenters. The summed E-state index contributed by atoms with van der Waals surface area (Å²) in [7, 11) is 0. The van der Waals surface area contributed by atoms with E-state index in [1.165, 1.54) is 60.8 Å². The topological polar surface area (TPSA) is 3.24 Å². The molecule has 53 heavy (non-hydrogen) atoms. The van der Waals surface area contributed by atoms with Crippen LogP contribution in [0.3, 0.4) is 0 Å². The maximum Gasteiger partial charge on any atom is 0.0540 e. The summed E-state index contributed by atoms with van der Waals surface area (Å²) in [5.41, 5.74) is 15.3. The molecule has 0 spiro atoms. The van der Waals surface area contributed by atoms with Crippen LogP contribution in [0.15, 0.2) is 224 Å². The number of hydrogen-bond acceptors (Lipinski definition) is 1. The second-order valence-electron chi connectivity index (χ2n) is 13.3. The van der Waals surface area contributed by atoms with Crippen LogP contribution in [0.2, 0.25) is 0 Å². The minimum Gasteiger partial charge on any atom is -0.310 e. The first-order chi connectivity index (χ1) is 26.3. The highest BCUT2D eigenvalue weighted by atomic mass is 15.1. The van der Waals surface area contributed by atoms with Crippen LogP contribution < -0.4 is 4.90 Å². The number of fused-ring (bicyclic) bond motifs is 1. The molecule has 0 fully saturated rings. The minimum absolute atomic E-state index is 1.10. The summed E-state index contributed by atoms with van der Waals surface area (Å²) < 4.78 is 0. The van der Waals surface area contributed by atoms with E-state index >= 15 is 0 Å². The molecule has 250 valence electrons. The van der Waals surface area contributed by atoms with Crippen molar-refractivity contribution in [1.82, 2.24) is 0 Å². The fraction of sp³-hybridized carbons (Fsp3) is 0. The molecule has 9 rings (SSSR count). The Labute approximate surface area is 311 Å². The normalized spacial score (nSPS) is 11.0. The second-order valence-corrected chi connectivity index (χ2v) is 13.3. The molecule has 0 bridgehead atoms. The lowest BCUT2D eigenvalue weighted by atomic mass is 9.87. The number of benzene rings is 9. The Bertz CT molecular complexity index is 2640. The summed E-state index contributed by atoms with van der Waals surface area (Å²) in [5, 5.41) is 2.51. The van der Waals surface area contributed by atoms with Crippen molar-refractivity contribution in [2.24, 2.45) is 0 Å². The van der Waals surface area contributed by atoms with Gasteiger partial charge >= 0.3 is 0 Å². The van der Waals surface area contributed by atoms with Gasteiger partial charge in [0, 0.05) is 16.9 Å². The fourth-order valence-corrected chi connectivity index (χ4v) is 7.57. The third-order valence-electron chi connectivity index (χ3n) is 10.1. The van der Waals surface area contributed by atoms with Crippen LogP contribution in [0.1, 0.15) is 0 Å². The average Bonchev–Trinajstić information content (AvgIpc) is 3.25. The summed E-state index contributed by atoms with van der Waals surface area (Å²) in [4.78, 5) is 2.39. The van der Waals surface area contributed by atoms with Crippen molar-refractivity contribution in [3.63, 3.8) is 0 Å². The van der Waals surface area contributed by atoms with E-state index in [9.17, 15) is 0 Å². The molecule has 0 aliphatic heterocycles. The highest BCUT2D eigenvalue weighted by Crippen LogP contribution is 2.46. The standard InChI is InChI=1S/C52H37N/c1-4-17-38(18-5-1)42-33-36-47(39-19-6-2-7-20-39)51(37-42)49-27-13-12-26-48(49)50-28-14-15-30-52(50)53(43-23-8-3-9-24-43)44-34-31-41(32-35-44)46-29-16-22-40-21-10-11-25-45(40)46/h1-37H. The molecule has 9 aromatic rings. The van der Waals surface area contributed by atoms with E-state index in [2.05, 4.69) is 229 Å². The van der Waals surface area contributed by atoms with Gasteiger partial charge in [0.1, 0.15) is 0 Å². The van der Waals surface area contributed by atoms with Gasteiger partial charge in [0.2, 0.25) is 0 Å². The maximum absolute atomic E-state index is 2.39. The zero-order chi connectivity index (χ0) is 35.4. The second kappa shape index (κ2) is 14.3. The Morgan fingerprint density at radius 3 is 1.47 bits per heavy atom. The predicted molar refractivity (Wildman–Crippen MR) is 226 cm³/mol. The van der Waals surface area contributed by atoms with Crippen LogP contribution in [-0.2, 0) is 0 Å². The van der Waals surface area contributed by atoms with Crippen molar-refractivity contribution in [1.29, 1.82) is 0 Å². The molecule has 1 nitrogen and oxygen atoms in total. The quantitative estimate of drug-likeness (QED) is 0.155. The first-order valence-corrected chi connectivity index (χ1v) is 18.2. The van der Waals surface area contributed by atoms with Crippen molar-refractivity contribution in [3.8, 4) is 55.6 Å². The first-order valence-electron chi connectivity index (χ1n) is 18.2. The molecule has 0 unspecified atom stereocenters. The molecule has 0 N–H and O–H groups in total. The smallest absolute Gasteiger partial charge is 0.0540 e. The molecule has 0 heterocycles. The monoisotopic (exact) mass is 675 g/mol. The fourth-order valence-electron chi connectivity index (χ4n) is 7.57. The molecule has 0 saturated carbocycles. The van der Waals surface area contributed by atoms with Crippen LogP contribution in [0.5, 0.6) is 0 Å². The van der Waals surface area contributed by atoms with Crippen molar-refractivity contribution >= 4 is 27.8 Å². The van der Waals surface area contributed by atoms with Gasteiger partial charge in [-0.15, -0.1) is 0 Å². The van der Waals surface area contributed by atoms with Gasteiger partial charge in [0.15, 0.2) is 0 Å². The summed E-state index contributed by atoms with van der Waals surface area (Å²) >= 11 is 0. The SMILES string of the molecule is c1ccc(-c2ccc(-c3ccccc3)c(-c3ccccc3-c3ccccc3N(c3ccccc3)c3ccc(-c4cccc5ccccc45)cc3)c2)cc1. The van der Waals surface area contributed by atoms with Gasteiger partial charge in [0.05, 0.1) is 5.69 Å². The molecular weight excluding hydrogens is 639 g/mol. The lowest BCUT2D eigenvalue weighted by Crippen LogP contribution is -2.11. The zero-order valence-electron chi connectivity index (χ0n) is 29.3. The number of hydrogen-bond donors (Lipinski definition) is 0. The third kappa shape index (κ3) is 6.30. The molecular formula is C52H37N. The Hall–Kier alpha value is -6.96. The third-order valence-corrected chi connectivity index (χ3v) is 10.1. The Morgan fingerprint density at radius 1 is 0.245 bits per heavy atom. The summed E-state index contributed by atoms with van der Waals surface area (Å²) in [6.07, 6.45) is 0. The van der Waals surface area contributed by atoms with Gasteiger partial charge in [-0.1, -0.05) is 188 Å². The molecule has 0 aromatic heterocycles. The van der Waals surface area contributed by atoms with Crippen LogP contribution in [0, 0.1) is 0 Å². The van der Waals surface area contributed by atoms with Crippen LogP contribution in [-0.4, -0.2) is 0 Å². The number of para-hydroxylation sites is 2. The van der Waals surface area contributed by atoms with E-state index < -0.39 is 0 Å². The molecule has 0 aliphatic rings. The molecule has 9 aromatic carbocycles. The first kappa shape index (κ1) is 32.0. The van der Waals surface area contributed by atoms with Crippen molar-refractivity contribution < 1.29 is 0 Å². The van der Waals surface area contributed by atoms with Gasteiger partial charge < -0.3 is 4.90 Å². The number of nitrogens with zero attached hydrogens (tertiary/aromatic N) is 1. The van der Waals surface area contributed by atoms with Crippen molar-refractivity contribution in [2.45, 2.75) is 0 Å². The Morgan fingerprint density at radius 2 is 0.736 bits per heavy atom. The van der Waals surface area contributed by atoms with E-state index in [1.807, 2.05) is 0 Å². The van der Waals surface area contributed by atoms with Gasteiger partial charge in [-0.3, -0.25) is 0 Å². The molecule has 0 aliphatic carbocycles. The summed E-state index contributed by atoms with van der Waals surface area (Å²) in [6.45, 7) is 0. The van der Waals surface area contributed by atoms with Crippen LogP contribution in [0.25, 0.3) is 66.4 Å². The van der Waals surface area contributed by atoms with Gasteiger partial charge in [-0.2, -0.15) is 0 Å². The summed E-state index contributed by atoms with van der Waals surface area (Å²) in [5.74, 6) is 0. The van der Waals surface area contributed by atoms with Gasteiger partial charge in [-0.25, -0.2) is 0 Å². The summed E-state index contributed by atoms with van der Waals surface area (Å²) in [6, 6.07) is 80.8. The average molecular weight is 676 g/mol. The molecule has 0 saturated heterocycles. The number of rotatable bonds is 8. The van der Waals surface area contributed by atoms with Gasteiger partial charge in [-0.05, 0) is 97.2 Å². The van der Waals surface area contributed by atoms with Gasteiger partial charge in [0.25, 0.3) is 0 Å². The molecule has 1 heteroatoms. The lowest BCUT2D eigenvalue weighted by molar-refractivity contribution is 1.28. The molecule has 0 radical (unpaired) electrons. The zero-order valence-corrected chi connectivity index (χ0v) is 29.3. The van der Waals surface area contributed by atoms with Crippen LogP contribution >= 0.6 is 0 Å². The van der Waals surface area contributed by atoms with Crippen molar-refractivity contribution in [3.05, 3.63) is 224 Å². The Balaban J connectivity index is 1.21. The largest absolute Gasteiger partial charge is 0.310 e. The lowest BCUT2D eigenvalue weighted by Gasteiger charge is -2.28. The maximum atomic E-state index is 2.39. The number of anilines is 3. The van der Waals surface area contributed by atoms with Crippen LogP contribution in [0.4, 0.5) is 17.1 Å². The highest BCUT2D eigenvalue weighted by Gasteiger charge is 2.20. The molecule has 0 amide bonds. The predicted octanol–water partition coefficient (Wildman–Crippen LogP) is 14.6.